The second-order valence-corrected chi connectivity index (χ2v) is 6.58. The number of anilines is 1. The summed E-state index contributed by atoms with van der Waals surface area (Å²) in [6.07, 6.45) is 9.53. The molecule has 0 fully saturated rings. The van der Waals surface area contributed by atoms with Crippen molar-refractivity contribution >= 4 is 16.7 Å². The molecule has 0 radical (unpaired) electrons. The predicted octanol–water partition coefficient (Wildman–Crippen LogP) is 4.54. The third-order valence-corrected chi connectivity index (χ3v) is 4.96. The molecule has 3 aromatic rings. The topological polar surface area (TPSA) is 45.1 Å². The SMILES string of the molecule is Cc1ccc(CCC2=CCN(c3cnc4[nH]ccc4c3C)CC2)o1. The van der Waals surface area contributed by atoms with Gasteiger partial charge in [0.15, 0.2) is 0 Å². The van der Waals surface area contributed by atoms with Crippen LogP contribution in [0.5, 0.6) is 0 Å². The highest BCUT2D eigenvalue weighted by Gasteiger charge is 2.16. The summed E-state index contributed by atoms with van der Waals surface area (Å²) >= 11 is 0. The Kier molecular flexibility index (Phi) is 3.89. The molecule has 0 bridgehead atoms. The molecular formula is C20H23N3O. The van der Waals surface area contributed by atoms with E-state index < -0.39 is 0 Å². The van der Waals surface area contributed by atoms with Crippen molar-refractivity contribution in [1.82, 2.24) is 9.97 Å². The van der Waals surface area contributed by atoms with Gasteiger partial charge < -0.3 is 14.3 Å². The van der Waals surface area contributed by atoms with Crippen molar-refractivity contribution in [2.24, 2.45) is 0 Å². The molecule has 4 heteroatoms. The summed E-state index contributed by atoms with van der Waals surface area (Å²) < 4.78 is 5.67. The van der Waals surface area contributed by atoms with Crippen LogP contribution in [0.25, 0.3) is 11.0 Å². The smallest absolute Gasteiger partial charge is 0.137 e. The Bertz CT molecular complexity index is 887. The number of furan rings is 1. The minimum atomic E-state index is 0.963. The molecule has 0 saturated carbocycles. The van der Waals surface area contributed by atoms with Gasteiger partial charge in [-0.2, -0.15) is 0 Å². The predicted molar refractivity (Wildman–Crippen MR) is 97.5 cm³/mol. The Morgan fingerprint density at radius 3 is 2.88 bits per heavy atom. The van der Waals surface area contributed by atoms with E-state index in [-0.39, 0.29) is 0 Å². The van der Waals surface area contributed by atoms with Crippen molar-refractivity contribution in [2.75, 3.05) is 18.0 Å². The average Bonchev–Trinajstić information content (AvgIpc) is 3.23. The van der Waals surface area contributed by atoms with Gasteiger partial charge in [0.2, 0.25) is 0 Å². The van der Waals surface area contributed by atoms with Gasteiger partial charge in [-0.1, -0.05) is 11.6 Å². The minimum Gasteiger partial charge on any atom is -0.466 e. The molecule has 24 heavy (non-hydrogen) atoms. The van der Waals surface area contributed by atoms with Gasteiger partial charge in [-0.3, -0.25) is 0 Å². The molecule has 4 rings (SSSR count). The first-order valence-electron chi connectivity index (χ1n) is 8.61. The number of fused-ring (bicyclic) bond motifs is 1. The molecule has 4 heterocycles. The lowest BCUT2D eigenvalue weighted by Gasteiger charge is -2.29. The van der Waals surface area contributed by atoms with Gasteiger partial charge in [0.1, 0.15) is 17.2 Å². The van der Waals surface area contributed by atoms with E-state index in [1.165, 1.54) is 22.2 Å². The monoisotopic (exact) mass is 321 g/mol. The molecule has 3 aromatic heterocycles. The summed E-state index contributed by atoms with van der Waals surface area (Å²) in [7, 11) is 0. The molecular weight excluding hydrogens is 298 g/mol. The Hall–Kier alpha value is -2.49. The number of hydrogen-bond donors (Lipinski definition) is 1. The lowest BCUT2D eigenvalue weighted by molar-refractivity contribution is 0.481. The molecule has 0 aromatic carbocycles. The van der Waals surface area contributed by atoms with Crippen molar-refractivity contribution in [3.8, 4) is 0 Å². The molecule has 1 aliphatic heterocycles. The highest BCUT2D eigenvalue weighted by Crippen LogP contribution is 2.28. The van der Waals surface area contributed by atoms with Crippen LogP contribution in [0.15, 0.2) is 46.7 Å². The number of aryl methyl sites for hydroxylation is 3. The van der Waals surface area contributed by atoms with E-state index in [1.54, 1.807) is 0 Å². The summed E-state index contributed by atoms with van der Waals surface area (Å²) in [5.74, 6) is 2.09. The van der Waals surface area contributed by atoms with Crippen LogP contribution in [0.4, 0.5) is 5.69 Å². The van der Waals surface area contributed by atoms with Crippen LogP contribution >= 0.6 is 0 Å². The zero-order valence-electron chi connectivity index (χ0n) is 14.3. The highest BCUT2D eigenvalue weighted by atomic mass is 16.3. The number of hydrogen-bond acceptors (Lipinski definition) is 3. The molecule has 1 aliphatic rings. The summed E-state index contributed by atoms with van der Waals surface area (Å²) in [6.45, 7) is 6.21. The van der Waals surface area contributed by atoms with Gasteiger partial charge >= 0.3 is 0 Å². The summed E-state index contributed by atoms with van der Waals surface area (Å²) in [5, 5.41) is 1.22. The van der Waals surface area contributed by atoms with E-state index in [4.69, 9.17) is 4.42 Å². The van der Waals surface area contributed by atoms with E-state index in [0.29, 0.717) is 0 Å². The number of aromatic amines is 1. The van der Waals surface area contributed by atoms with Crippen molar-refractivity contribution in [3.05, 3.63) is 59.3 Å². The van der Waals surface area contributed by atoms with Gasteiger partial charge in [-0.15, -0.1) is 0 Å². The normalized spacial score (nSPS) is 15.1. The van der Waals surface area contributed by atoms with Gasteiger partial charge in [-0.25, -0.2) is 4.98 Å². The average molecular weight is 321 g/mol. The summed E-state index contributed by atoms with van der Waals surface area (Å²) in [5.41, 5.74) is 5.06. The molecule has 1 N–H and O–H groups in total. The number of nitrogens with one attached hydrogen (secondary N) is 1. The fourth-order valence-corrected chi connectivity index (χ4v) is 3.51. The summed E-state index contributed by atoms with van der Waals surface area (Å²) in [4.78, 5) is 10.2. The van der Waals surface area contributed by atoms with E-state index >= 15 is 0 Å². The molecule has 0 atom stereocenters. The van der Waals surface area contributed by atoms with Crippen LogP contribution in [0.1, 0.15) is 29.9 Å². The zero-order valence-corrected chi connectivity index (χ0v) is 14.3. The minimum absolute atomic E-state index is 0.963. The van der Waals surface area contributed by atoms with E-state index in [0.717, 1.165) is 49.5 Å². The molecule has 0 spiro atoms. The van der Waals surface area contributed by atoms with Gasteiger partial charge in [0.05, 0.1) is 11.9 Å². The zero-order chi connectivity index (χ0) is 16.5. The fraction of sp³-hybridized carbons (Fsp3) is 0.350. The maximum atomic E-state index is 5.67. The van der Waals surface area contributed by atoms with Gasteiger partial charge in [0, 0.05) is 31.1 Å². The first kappa shape index (κ1) is 15.1. The third kappa shape index (κ3) is 2.84. The van der Waals surface area contributed by atoms with Crippen LogP contribution in [0, 0.1) is 13.8 Å². The number of aromatic nitrogens is 2. The fourth-order valence-electron chi connectivity index (χ4n) is 3.51. The lowest BCUT2D eigenvalue weighted by Crippen LogP contribution is -2.29. The molecule has 0 amide bonds. The first-order chi connectivity index (χ1) is 11.7. The second-order valence-electron chi connectivity index (χ2n) is 6.58. The first-order valence-corrected chi connectivity index (χ1v) is 8.61. The Morgan fingerprint density at radius 1 is 1.21 bits per heavy atom. The summed E-state index contributed by atoms with van der Waals surface area (Å²) in [6, 6.07) is 6.24. The maximum Gasteiger partial charge on any atom is 0.137 e. The quantitative estimate of drug-likeness (QED) is 0.717. The van der Waals surface area contributed by atoms with Gasteiger partial charge in [0.25, 0.3) is 0 Å². The lowest BCUT2D eigenvalue weighted by atomic mass is 10.0. The third-order valence-electron chi connectivity index (χ3n) is 4.96. The van der Waals surface area contributed by atoms with Crippen LogP contribution in [0.2, 0.25) is 0 Å². The highest BCUT2D eigenvalue weighted by molar-refractivity contribution is 5.84. The van der Waals surface area contributed by atoms with Crippen molar-refractivity contribution in [3.63, 3.8) is 0 Å². The standard InChI is InChI=1S/C20H23N3O/c1-14-3-5-17(24-14)6-4-16-8-11-23(12-9-16)19-13-22-20-18(15(19)2)7-10-21-20/h3,5,7-8,10,13H,4,6,9,11-12H2,1-2H3,(H,21,22). The largest absolute Gasteiger partial charge is 0.466 e. The second kappa shape index (κ2) is 6.19. The Labute approximate surface area is 142 Å². The molecule has 0 aliphatic carbocycles. The Balaban J connectivity index is 1.44. The van der Waals surface area contributed by atoms with Crippen molar-refractivity contribution in [2.45, 2.75) is 33.1 Å². The number of rotatable bonds is 4. The maximum absolute atomic E-state index is 5.67. The van der Waals surface area contributed by atoms with Crippen molar-refractivity contribution in [1.29, 1.82) is 0 Å². The molecule has 0 unspecified atom stereocenters. The van der Waals surface area contributed by atoms with Crippen LogP contribution in [0.3, 0.4) is 0 Å². The van der Waals surface area contributed by atoms with Crippen molar-refractivity contribution < 1.29 is 4.42 Å². The van der Waals surface area contributed by atoms with E-state index in [2.05, 4.69) is 40.0 Å². The molecule has 0 saturated heterocycles. The number of nitrogens with zero attached hydrogens (tertiary/aromatic N) is 2. The molecule has 4 nitrogen and oxygen atoms in total. The van der Waals surface area contributed by atoms with E-state index in [9.17, 15) is 0 Å². The molecule has 124 valence electrons. The van der Waals surface area contributed by atoms with Gasteiger partial charge in [-0.05, 0) is 50.5 Å². The Morgan fingerprint density at radius 2 is 2.12 bits per heavy atom. The van der Waals surface area contributed by atoms with Crippen LogP contribution < -0.4 is 4.90 Å². The number of H-pyrrole nitrogens is 1. The number of pyridine rings is 1. The van der Waals surface area contributed by atoms with Crippen LogP contribution in [-0.2, 0) is 6.42 Å². The van der Waals surface area contributed by atoms with Crippen LogP contribution in [-0.4, -0.2) is 23.1 Å². The van der Waals surface area contributed by atoms with E-state index in [1.807, 2.05) is 25.4 Å².